The summed E-state index contributed by atoms with van der Waals surface area (Å²) in [6.45, 7) is 0.329. The molecular weight excluding hydrogens is 308 g/mol. The van der Waals surface area contributed by atoms with Crippen molar-refractivity contribution >= 4 is 11.7 Å². The molecule has 0 radical (unpaired) electrons. The fourth-order valence-electron chi connectivity index (χ4n) is 1.98. The molecule has 0 saturated heterocycles. The number of aromatic nitrogens is 4. The number of ether oxygens (including phenoxy) is 1. The smallest absolute Gasteiger partial charge is 0.277 e. The first kappa shape index (κ1) is 15.3. The number of nitrogens with zero attached hydrogens (tertiary/aromatic N) is 5. The van der Waals surface area contributed by atoms with Gasteiger partial charge in [-0.05, 0) is 18.2 Å². The Morgan fingerprint density at radius 2 is 1.92 bits per heavy atom. The summed E-state index contributed by atoms with van der Waals surface area (Å²) in [5.41, 5.74) is 0.251. The number of anilines is 1. The Balaban J connectivity index is 1.58. The van der Waals surface area contributed by atoms with Crippen LogP contribution in [0.2, 0.25) is 0 Å². The molecule has 120 valence electrons. The van der Waals surface area contributed by atoms with Crippen molar-refractivity contribution in [1.29, 1.82) is 5.26 Å². The lowest BCUT2D eigenvalue weighted by molar-refractivity contribution is 0.102. The molecule has 2 heterocycles. The third-order valence-corrected chi connectivity index (χ3v) is 3.09. The summed E-state index contributed by atoms with van der Waals surface area (Å²) in [4.78, 5) is 12.1. The number of nitriles is 1. The van der Waals surface area contributed by atoms with Gasteiger partial charge in [-0.25, -0.2) is 4.68 Å². The van der Waals surface area contributed by atoms with E-state index in [2.05, 4.69) is 15.5 Å². The molecule has 3 aromatic rings. The second-order valence-electron chi connectivity index (χ2n) is 4.84. The van der Waals surface area contributed by atoms with Crippen LogP contribution in [-0.2, 0) is 13.3 Å². The van der Waals surface area contributed by atoms with Crippen LogP contribution in [0.1, 0.15) is 10.5 Å². The van der Waals surface area contributed by atoms with Crippen LogP contribution in [0, 0.1) is 11.3 Å². The summed E-state index contributed by atoms with van der Waals surface area (Å²) in [5.74, 6) is 0.711. The standard InChI is InChI=1S/C16H14N6O2/c17-8-11-21-10-7-15(20-21)18-16(23)14-6-9-22(19-14)12-24-13-4-2-1-3-5-13/h1-7,9-10H,11-12H2,(H,18,20,23). The Kier molecular flexibility index (Phi) is 4.53. The molecule has 1 N–H and O–H groups in total. The zero-order chi connectivity index (χ0) is 16.8. The molecule has 0 aliphatic heterocycles. The quantitative estimate of drug-likeness (QED) is 0.747. The van der Waals surface area contributed by atoms with Gasteiger partial charge in [-0.15, -0.1) is 0 Å². The summed E-state index contributed by atoms with van der Waals surface area (Å²) in [6, 6.07) is 14.5. The lowest BCUT2D eigenvalue weighted by Gasteiger charge is -2.05. The highest BCUT2D eigenvalue weighted by Crippen LogP contribution is 2.09. The van der Waals surface area contributed by atoms with Gasteiger partial charge >= 0.3 is 0 Å². The average Bonchev–Trinajstić information content (AvgIpc) is 3.24. The maximum Gasteiger partial charge on any atom is 0.277 e. The molecule has 0 aliphatic carbocycles. The lowest BCUT2D eigenvalue weighted by Crippen LogP contribution is -2.15. The Labute approximate surface area is 137 Å². The predicted molar refractivity (Wildman–Crippen MR) is 85.1 cm³/mol. The van der Waals surface area contributed by atoms with E-state index in [0.717, 1.165) is 5.75 Å². The summed E-state index contributed by atoms with van der Waals surface area (Å²) in [5, 5.41) is 19.4. The van der Waals surface area contributed by atoms with Gasteiger partial charge in [-0.2, -0.15) is 15.5 Å². The summed E-state index contributed by atoms with van der Waals surface area (Å²) >= 11 is 0. The first-order valence-corrected chi connectivity index (χ1v) is 7.17. The molecule has 2 aromatic heterocycles. The number of benzene rings is 1. The van der Waals surface area contributed by atoms with Crippen LogP contribution in [0.15, 0.2) is 54.9 Å². The Morgan fingerprint density at radius 3 is 2.71 bits per heavy atom. The minimum Gasteiger partial charge on any atom is -0.471 e. The van der Waals surface area contributed by atoms with Crippen molar-refractivity contribution in [1.82, 2.24) is 19.6 Å². The molecule has 0 aliphatic rings. The third-order valence-electron chi connectivity index (χ3n) is 3.09. The molecule has 1 aromatic carbocycles. The first-order chi connectivity index (χ1) is 11.7. The van der Waals surface area contributed by atoms with E-state index in [0.29, 0.717) is 5.82 Å². The number of carbonyl (C=O) groups excluding carboxylic acids is 1. The molecule has 0 saturated carbocycles. The maximum atomic E-state index is 12.1. The number of rotatable bonds is 6. The Hall–Kier alpha value is -3.60. The van der Waals surface area contributed by atoms with Crippen LogP contribution in [0.25, 0.3) is 0 Å². The van der Waals surface area contributed by atoms with E-state index in [1.807, 2.05) is 36.4 Å². The molecule has 24 heavy (non-hydrogen) atoms. The number of carbonyl (C=O) groups is 1. The lowest BCUT2D eigenvalue weighted by atomic mass is 10.3. The second-order valence-corrected chi connectivity index (χ2v) is 4.84. The van der Waals surface area contributed by atoms with Crippen LogP contribution in [0.4, 0.5) is 5.82 Å². The van der Waals surface area contributed by atoms with Gasteiger partial charge in [0.1, 0.15) is 12.3 Å². The van der Waals surface area contributed by atoms with Gasteiger partial charge < -0.3 is 10.1 Å². The van der Waals surface area contributed by atoms with Gasteiger partial charge in [-0.1, -0.05) is 18.2 Å². The number of para-hydroxylation sites is 1. The highest BCUT2D eigenvalue weighted by atomic mass is 16.5. The van der Waals surface area contributed by atoms with Crippen molar-refractivity contribution in [3.63, 3.8) is 0 Å². The molecule has 0 unspecified atom stereocenters. The van der Waals surface area contributed by atoms with E-state index in [4.69, 9.17) is 10.00 Å². The van der Waals surface area contributed by atoms with Crippen LogP contribution >= 0.6 is 0 Å². The Morgan fingerprint density at radius 1 is 1.12 bits per heavy atom. The first-order valence-electron chi connectivity index (χ1n) is 7.17. The van der Waals surface area contributed by atoms with Crippen LogP contribution in [0.3, 0.4) is 0 Å². The van der Waals surface area contributed by atoms with Gasteiger partial charge in [0.15, 0.2) is 18.2 Å². The van der Waals surface area contributed by atoms with Crippen molar-refractivity contribution in [2.45, 2.75) is 13.3 Å². The topological polar surface area (TPSA) is 97.8 Å². The predicted octanol–water partition coefficient (Wildman–Crippen LogP) is 1.89. The van der Waals surface area contributed by atoms with Crippen molar-refractivity contribution < 1.29 is 9.53 Å². The monoisotopic (exact) mass is 322 g/mol. The van der Waals surface area contributed by atoms with E-state index in [1.165, 1.54) is 9.36 Å². The van der Waals surface area contributed by atoms with Crippen LogP contribution < -0.4 is 10.1 Å². The molecular formula is C16H14N6O2. The van der Waals surface area contributed by atoms with Gasteiger partial charge in [0.2, 0.25) is 0 Å². The molecule has 1 amide bonds. The van der Waals surface area contributed by atoms with Crippen molar-refractivity contribution in [2.75, 3.05) is 5.32 Å². The zero-order valence-electron chi connectivity index (χ0n) is 12.7. The minimum atomic E-state index is -0.379. The number of hydrogen-bond acceptors (Lipinski definition) is 5. The summed E-state index contributed by atoms with van der Waals surface area (Å²) in [7, 11) is 0. The molecule has 0 fully saturated rings. The van der Waals surface area contributed by atoms with E-state index in [1.54, 1.807) is 24.5 Å². The van der Waals surface area contributed by atoms with E-state index in [-0.39, 0.29) is 24.9 Å². The molecule has 8 heteroatoms. The highest BCUT2D eigenvalue weighted by molar-refractivity contribution is 6.02. The van der Waals surface area contributed by atoms with Gasteiger partial charge in [0, 0.05) is 18.5 Å². The molecule has 0 spiro atoms. The maximum absolute atomic E-state index is 12.1. The average molecular weight is 322 g/mol. The van der Waals surface area contributed by atoms with Crippen LogP contribution in [0.5, 0.6) is 5.75 Å². The normalized spacial score (nSPS) is 10.1. The van der Waals surface area contributed by atoms with E-state index < -0.39 is 0 Å². The molecule has 3 rings (SSSR count). The fourth-order valence-corrected chi connectivity index (χ4v) is 1.98. The third kappa shape index (κ3) is 3.78. The summed E-state index contributed by atoms with van der Waals surface area (Å²) < 4.78 is 8.51. The number of amides is 1. The Bertz CT molecular complexity index is 862. The molecule has 8 nitrogen and oxygen atoms in total. The number of hydrogen-bond donors (Lipinski definition) is 1. The van der Waals surface area contributed by atoms with Crippen molar-refractivity contribution in [3.8, 4) is 11.8 Å². The molecule has 0 bridgehead atoms. The SMILES string of the molecule is N#CCn1ccc(NC(=O)c2ccn(COc3ccccc3)n2)n1. The van der Waals surface area contributed by atoms with Crippen LogP contribution in [-0.4, -0.2) is 25.5 Å². The van der Waals surface area contributed by atoms with Gasteiger partial charge in [0.25, 0.3) is 5.91 Å². The zero-order valence-corrected chi connectivity index (χ0v) is 12.7. The number of nitrogens with one attached hydrogen (secondary N) is 1. The fraction of sp³-hybridized carbons (Fsp3) is 0.125. The van der Waals surface area contributed by atoms with Gasteiger partial charge in [0.05, 0.1) is 6.07 Å². The molecule has 0 atom stereocenters. The van der Waals surface area contributed by atoms with Gasteiger partial charge in [-0.3, -0.25) is 9.48 Å². The minimum absolute atomic E-state index is 0.126. The second kappa shape index (κ2) is 7.11. The highest BCUT2D eigenvalue weighted by Gasteiger charge is 2.11. The van der Waals surface area contributed by atoms with E-state index in [9.17, 15) is 4.79 Å². The largest absolute Gasteiger partial charge is 0.471 e. The summed E-state index contributed by atoms with van der Waals surface area (Å²) in [6.07, 6.45) is 3.28. The van der Waals surface area contributed by atoms with Crippen molar-refractivity contribution in [3.05, 3.63) is 60.6 Å². The van der Waals surface area contributed by atoms with E-state index >= 15 is 0 Å². The van der Waals surface area contributed by atoms with Crippen molar-refractivity contribution in [2.24, 2.45) is 0 Å².